The minimum Gasteiger partial charge on any atom is -0.405 e. The molecule has 2 N–H and O–H groups in total. The molecule has 2 rings (SSSR count). The van der Waals surface area contributed by atoms with Gasteiger partial charge >= 0.3 is 0 Å². The van der Waals surface area contributed by atoms with Gasteiger partial charge in [-0.3, -0.25) is 0 Å². The third kappa shape index (κ3) is 2.17. The van der Waals surface area contributed by atoms with E-state index in [9.17, 15) is 0 Å². The van der Waals surface area contributed by atoms with Crippen LogP contribution in [0.1, 0.15) is 10.6 Å². The Labute approximate surface area is 99.6 Å². The first-order valence-electron chi connectivity index (χ1n) is 5.22. The van der Waals surface area contributed by atoms with E-state index in [1.54, 1.807) is 23.6 Å². The van der Waals surface area contributed by atoms with E-state index < -0.39 is 0 Å². The number of allylic oxidation sites excluding steroid dienone is 3. The lowest BCUT2D eigenvalue weighted by molar-refractivity contribution is 0.334. The molecule has 0 saturated heterocycles. The second kappa shape index (κ2) is 4.99. The molecule has 3 nitrogen and oxygen atoms in total. The van der Waals surface area contributed by atoms with Crippen molar-refractivity contribution in [1.29, 1.82) is 0 Å². The van der Waals surface area contributed by atoms with E-state index in [0.717, 1.165) is 25.2 Å². The molecule has 84 valence electrons. The molecule has 0 amide bonds. The molecule has 4 heteroatoms. The van der Waals surface area contributed by atoms with Crippen LogP contribution in [0.2, 0.25) is 0 Å². The Bertz CT molecular complexity index is 431. The zero-order chi connectivity index (χ0) is 11.4. The van der Waals surface area contributed by atoms with Crippen LogP contribution in [0.4, 0.5) is 0 Å². The van der Waals surface area contributed by atoms with E-state index in [1.165, 1.54) is 10.6 Å². The third-order valence-corrected chi connectivity index (χ3v) is 3.46. The van der Waals surface area contributed by atoms with Gasteiger partial charge in [-0.2, -0.15) is 0 Å². The van der Waals surface area contributed by atoms with E-state index in [4.69, 9.17) is 5.73 Å². The Hall–Kier alpha value is -1.55. The second-order valence-electron chi connectivity index (χ2n) is 3.58. The average molecular weight is 233 g/mol. The molecule has 0 radical (unpaired) electrons. The second-order valence-corrected chi connectivity index (χ2v) is 4.52. The Balaban J connectivity index is 2.18. The summed E-state index contributed by atoms with van der Waals surface area (Å²) in [7, 11) is 0. The summed E-state index contributed by atoms with van der Waals surface area (Å²) in [5, 5.41) is 0. The van der Waals surface area contributed by atoms with Crippen molar-refractivity contribution >= 4 is 11.3 Å². The van der Waals surface area contributed by atoms with Gasteiger partial charge in [-0.05, 0) is 18.4 Å². The molecule has 0 atom stereocenters. The van der Waals surface area contributed by atoms with Crippen molar-refractivity contribution in [2.45, 2.75) is 13.0 Å². The summed E-state index contributed by atoms with van der Waals surface area (Å²) in [4.78, 5) is 8.00. The topological polar surface area (TPSA) is 42.1 Å². The minimum absolute atomic E-state index is 0.921. The van der Waals surface area contributed by atoms with Crippen LogP contribution >= 0.6 is 11.3 Å². The van der Waals surface area contributed by atoms with Gasteiger partial charge in [0.25, 0.3) is 0 Å². The van der Waals surface area contributed by atoms with Crippen molar-refractivity contribution in [3.63, 3.8) is 0 Å². The molecule has 1 aliphatic rings. The van der Waals surface area contributed by atoms with Crippen LogP contribution < -0.4 is 5.73 Å². The Morgan fingerprint density at radius 3 is 3.25 bits per heavy atom. The maximum absolute atomic E-state index is 5.45. The van der Waals surface area contributed by atoms with Crippen LogP contribution in [-0.2, 0) is 13.0 Å². The van der Waals surface area contributed by atoms with Crippen LogP contribution in [-0.4, -0.2) is 16.4 Å². The van der Waals surface area contributed by atoms with Gasteiger partial charge < -0.3 is 10.6 Å². The van der Waals surface area contributed by atoms with Crippen molar-refractivity contribution in [3.8, 4) is 0 Å². The third-order valence-electron chi connectivity index (χ3n) is 2.60. The van der Waals surface area contributed by atoms with Crippen molar-refractivity contribution in [2.24, 2.45) is 5.73 Å². The minimum atomic E-state index is 0.921. The molecule has 1 aromatic rings. The predicted octanol–water partition coefficient (Wildman–Crippen LogP) is 2.04. The highest BCUT2D eigenvalue weighted by Crippen LogP contribution is 2.24. The van der Waals surface area contributed by atoms with Crippen molar-refractivity contribution < 1.29 is 0 Å². The van der Waals surface area contributed by atoms with E-state index in [0.29, 0.717) is 0 Å². The highest BCUT2D eigenvalue weighted by Gasteiger charge is 2.18. The van der Waals surface area contributed by atoms with Crippen molar-refractivity contribution in [2.75, 3.05) is 6.54 Å². The summed E-state index contributed by atoms with van der Waals surface area (Å²) in [5.74, 6) is 0. The first kappa shape index (κ1) is 11.0. The van der Waals surface area contributed by atoms with E-state index in [-0.39, 0.29) is 0 Å². The number of aromatic nitrogens is 1. The van der Waals surface area contributed by atoms with Crippen LogP contribution in [0.5, 0.6) is 0 Å². The first-order valence-corrected chi connectivity index (χ1v) is 6.10. The lowest BCUT2D eigenvalue weighted by Gasteiger charge is -2.28. The molecule has 1 aliphatic heterocycles. The number of nitrogens with zero attached hydrogens (tertiary/aromatic N) is 2. The number of hydrogen-bond donors (Lipinski definition) is 1. The fourth-order valence-corrected chi connectivity index (χ4v) is 2.65. The predicted molar refractivity (Wildman–Crippen MR) is 67.8 cm³/mol. The van der Waals surface area contributed by atoms with Crippen LogP contribution in [0, 0.1) is 0 Å². The van der Waals surface area contributed by atoms with Crippen LogP contribution in [0.25, 0.3) is 0 Å². The lowest BCUT2D eigenvalue weighted by Crippen LogP contribution is -2.28. The van der Waals surface area contributed by atoms with Gasteiger partial charge in [0.1, 0.15) is 0 Å². The molecule has 0 fully saturated rings. The Morgan fingerprint density at radius 1 is 1.62 bits per heavy atom. The molecule has 0 spiro atoms. The largest absolute Gasteiger partial charge is 0.405 e. The number of hydrogen-bond acceptors (Lipinski definition) is 4. The van der Waals surface area contributed by atoms with E-state index in [2.05, 4.69) is 16.5 Å². The zero-order valence-corrected chi connectivity index (χ0v) is 9.91. The van der Waals surface area contributed by atoms with Crippen molar-refractivity contribution in [3.05, 3.63) is 52.8 Å². The zero-order valence-electron chi connectivity index (χ0n) is 9.10. The maximum Gasteiger partial charge on any atom is 0.0798 e. The Morgan fingerprint density at radius 2 is 2.50 bits per heavy atom. The van der Waals surface area contributed by atoms with Crippen molar-refractivity contribution in [1.82, 2.24) is 9.88 Å². The molecule has 0 unspecified atom stereocenters. The van der Waals surface area contributed by atoms with Crippen LogP contribution in [0.15, 0.2) is 42.2 Å². The van der Waals surface area contributed by atoms with Gasteiger partial charge in [0.15, 0.2) is 0 Å². The van der Waals surface area contributed by atoms with Gasteiger partial charge in [-0.1, -0.05) is 12.7 Å². The van der Waals surface area contributed by atoms with E-state index in [1.807, 2.05) is 17.7 Å². The monoisotopic (exact) mass is 233 g/mol. The highest BCUT2D eigenvalue weighted by atomic mass is 32.1. The number of nitrogens with two attached hydrogens (primary N) is 1. The average Bonchev–Trinajstić information content (AvgIpc) is 2.75. The summed E-state index contributed by atoms with van der Waals surface area (Å²) >= 11 is 1.72. The Kier molecular flexibility index (Phi) is 3.41. The summed E-state index contributed by atoms with van der Waals surface area (Å²) < 4.78 is 0. The van der Waals surface area contributed by atoms with Gasteiger partial charge in [-0.25, -0.2) is 4.98 Å². The molecular formula is C12H15N3S. The molecule has 2 heterocycles. The summed E-state index contributed by atoms with van der Waals surface area (Å²) in [6.07, 6.45) is 8.25. The summed E-state index contributed by atoms with van der Waals surface area (Å²) in [6, 6.07) is 0. The maximum atomic E-state index is 5.45. The first-order chi connectivity index (χ1) is 7.85. The smallest absolute Gasteiger partial charge is 0.0798 e. The fourth-order valence-electron chi connectivity index (χ4n) is 1.83. The normalized spacial score (nSPS) is 16.5. The molecule has 16 heavy (non-hydrogen) atoms. The van der Waals surface area contributed by atoms with Gasteiger partial charge in [-0.15, -0.1) is 11.3 Å². The molecule has 0 aromatic carbocycles. The standard InChI is InChI=1S/C12H15N3S/c1-2-3-10(4-6-13)15-7-5-11-12(8-15)16-9-14-11/h2-4,6,9H,1,5,7-8,13H2/b6-4-,10-3+. The fraction of sp³-hybridized carbons (Fsp3) is 0.250. The van der Waals surface area contributed by atoms with Gasteiger partial charge in [0.2, 0.25) is 0 Å². The number of thiazole rings is 1. The lowest BCUT2D eigenvalue weighted by atomic mass is 10.1. The van der Waals surface area contributed by atoms with E-state index >= 15 is 0 Å². The summed E-state index contributed by atoms with van der Waals surface area (Å²) in [6.45, 7) is 5.63. The van der Waals surface area contributed by atoms with Gasteiger partial charge in [0.05, 0.1) is 17.7 Å². The molecule has 0 bridgehead atoms. The SMILES string of the molecule is C=C/C=C(\C=C/N)N1CCc2ncsc2C1. The van der Waals surface area contributed by atoms with Gasteiger partial charge in [0, 0.05) is 23.5 Å². The summed E-state index contributed by atoms with van der Waals surface area (Å²) in [5.41, 5.74) is 9.72. The molecule has 0 saturated carbocycles. The highest BCUT2D eigenvalue weighted by molar-refractivity contribution is 7.09. The molecule has 1 aromatic heterocycles. The number of fused-ring (bicyclic) bond motifs is 1. The number of rotatable bonds is 3. The van der Waals surface area contributed by atoms with Crippen LogP contribution in [0.3, 0.4) is 0 Å². The molecule has 0 aliphatic carbocycles. The quantitative estimate of drug-likeness (QED) is 0.812. The molecular weight excluding hydrogens is 218 g/mol.